The lowest BCUT2D eigenvalue weighted by Gasteiger charge is -2.19. The summed E-state index contributed by atoms with van der Waals surface area (Å²) >= 11 is 0. The molecule has 0 radical (unpaired) electrons. The molecule has 0 atom stereocenters. The number of ether oxygens (including phenoxy) is 1. The summed E-state index contributed by atoms with van der Waals surface area (Å²) in [4.78, 5) is 14.5. The van der Waals surface area contributed by atoms with Gasteiger partial charge in [-0.05, 0) is 56.3 Å². The summed E-state index contributed by atoms with van der Waals surface area (Å²) in [5, 5.41) is 7.14. The molecule has 0 bridgehead atoms. The van der Waals surface area contributed by atoms with Crippen molar-refractivity contribution in [1.82, 2.24) is 10.2 Å². The van der Waals surface area contributed by atoms with Gasteiger partial charge in [0.05, 0.1) is 12.3 Å². The molecule has 1 amide bonds. The number of carbonyl (C=O) groups is 1. The van der Waals surface area contributed by atoms with Crippen LogP contribution in [-0.2, 0) is 0 Å². The molecule has 2 aromatic carbocycles. The fourth-order valence-electron chi connectivity index (χ4n) is 2.66. The molecule has 0 aliphatic carbocycles. The van der Waals surface area contributed by atoms with E-state index in [1.54, 1.807) is 11.0 Å². The summed E-state index contributed by atoms with van der Waals surface area (Å²) in [6, 6.07) is 19.1. The Morgan fingerprint density at radius 3 is 2.44 bits per heavy atom. The van der Waals surface area contributed by atoms with Crippen molar-refractivity contribution in [1.29, 1.82) is 0 Å². The minimum absolute atomic E-state index is 0.0987. The molecule has 0 aliphatic heterocycles. The van der Waals surface area contributed by atoms with E-state index in [0.29, 0.717) is 18.8 Å². The van der Waals surface area contributed by atoms with E-state index in [1.165, 1.54) is 0 Å². The zero-order chi connectivity index (χ0) is 17.6. The summed E-state index contributed by atoms with van der Waals surface area (Å²) in [6.07, 6.45) is 0. The Kier molecular flexibility index (Phi) is 5.14. The summed E-state index contributed by atoms with van der Waals surface area (Å²) in [7, 11) is 0. The number of para-hydroxylation sites is 1. The lowest BCUT2D eigenvalue weighted by Crippen LogP contribution is -2.30. The first kappa shape index (κ1) is 16.8. The standard InChI is InChI=1S/C20H21N3O2/c1-3-23(16-8-6-5-7-9-16)20(24)19-14-18(21-22-19)15-10-12-17(13-11-15)25-4-2/h5-14H,3-4H2,1-2H3,(H,21,22). The number of nitrogens with zero attached hydrogens (tertiary/aromatic N) is 2. The van der Waals surface area contributed by atoms with Crippen LogP contribution in [0.3, 0.4) is 0 Å². The maximum atomic E-state index is 12.8. The van der Waals surface area contributed by atoms with Crippen molar-refractivity contribution >= 4 is 11.6 Å². The van der Waals surface area contributed by atoms with Crippen LogP contribution in [0.1, 0.15) is 24.3 Å². The number of hydrogen-bond acceptors (Lipinski definition) is 3. The van der Waals surface area contributed by atoms with Gasteiger partial charge in [0.15, 0.2) is 0 Å². The maximum absolute atomic E-state index is 12.8. The van der Waals surface area contributed by atoms with Gasteiger partial charge in [0.2, 0.25) is 0 Å². The van der Waals surface area contributed by atoms with Crippen LogP contribution >= 0.6 is 0 Å². The second kappa shape index (κ2) is 7.66. The van der Waals surface area contributed by atoms with Crippen LogP contribution in [0.2, 0.25) is 0 Å². The summed E-state index contributed by atoms with van der Waals surface area (Å²) < 4.78 is 5.45. The molecule has 1 N–H and O–H groups in total. The zero-order valence-electron chi connectivity index (χ0n) is 14.4. The van der Waals surface area contributed by atoms with Crippen molar-refractivity contribution in [2.45, 2.75) is 13.8 Å². The normalized spacial score (nSPS) is 10.5. The van der Waals surface area contributed by atoms with Crippen LogP contribution in [0, 0.1) is 0 Å². The number of anilines is 1. The number of aromatic amines is 1. The Morgan fingerprint density at radius 1 is 1.08 bits per heavy atom. The summed E-state index contributed by atoms with van der Waals surface area (Å²) in [5.74, 6) is 0.720. The van der Waals surface area contributed by atoms with Crippen LogP contribution < -0.4 is 9.64 Å². The number of carbonyl (C=O) groups excluding carboxylic acids is 1. The molecular weight excluding hydrogens is 314 g/mol. The average Bonchev–Trinajstić information content (AvgIpc) is 3.14. The molecule has 5 heteroatoms. The van der Waals surface area contributed by atoms with Gasteiger partial charge in [-0.1, -0.05) is 18.2 Å². The predicted molar refractivity (Wildman–Crippen MR) is 99.0 cm³/mol. The predicted octanol–water partition coefficient (Wildman–Crippen LogP) is 4.14. The first-order valence-corrected chi connectivity index (χ1v) is 8.38. The lowest BCUT2D eigenvalue weighted by molar-refractivity contribution is 0.0983. The number of rotatable bonds is 6. The molecule has 0 fully saturated rings. The number of hydrogen-bond donors (Lipinski definition) is 1. The summed E-state index contributed by atoms with van der Waals surface area (Å²) in [5.41, 5.74) is 3.00. The highest BCUT2D eigenvalue weighted by Gasteiger charge is 2.18. The highest BCUT2D eigenvalue weighted by Crippen LogP contribution is 2.23. The van der Waals surface area contributed by atoms with Gasteiger partial charge in [0, 0.05) is 17.8 Å². The van der Waals surface area contributed by atoms with Crippen LogP contribution in [0.15, 0.2) is 60.7 Å². The van der Waals surface area contributed by atoms with E-state index in [2.05, 4.69) is 10.2 Å². The van der Waals surface area contributed by atoms with Gasteiger partial charge in [-0.25, -0.2) is 0 Å². The molecule has 1 aromatic heterocycles. The van der Waals surface area contributed by atoms with Gasteiger partial charge >= 0.3 is 0 Å². The number of H-pyrrole nitrogens is 1. The minimum atomic E-state index is -0.0987. The third-order valence-electron chi connectivity index (χ3n) is 3.90. The molecule has 0 aliphatic rings. The highest BCUT2D eigenvalue weighted by atomic mass is 16.5. The quantitative estimate of drug-likeness (QED) is 0.736. The molecule has 0 saturated carbocycles. The fraction of sp³-hybridized carbons (Fsp3) is 0.200. The van der Waals surface area contributed by atoms with Gasteiger partial charge in [-0.2, -0.15) is 5.10 Å². The maximum Gasteiger partial charge on any atom is 0.276 e. The van der Waals surface area contributed by atoms with Crippen LogP contribution in [-0.4, -0.2) is 29.3 Å². The van der Waals surface area contributed by atoms with Crippen LogP contribution in [0.5, 0.6) is 5.75 Å². The first-order chi connectivity index (χ1) is 12.2. The molecule has 25 heavy (non-hydrogen) atoms. The Labute approximate surface area is 147 Å². The van der Waals surface area contributed by atoms with Crippen molar-refractivity contribution in [2.75, 3.05) is 18.1 Å². The van der Waals surface area contributed by atoms with Gasteiger partial charge in [0.25, 0.3) is 5.91 Å². The third-order valence-corrected chi connectivity index (χ3v) is 3.90. The molecule has 3 aromatic rings. The van der Waals surface area contributed by atoms with Gasteiger partial charge in [0.1, 0.15) is 11.4 Å². The Balaban J connectivity index is 1.81. The zero-order valence-corrected chi connectivity index (χ0v) is 14.4. The lowest BCUT2D eigenvalue weighted by atomic mass is 10.1. The van der Waals surface area contributed by atoms with E-state index in [-0.39, 0.29) is 5.91 Å². The minimum Gasteiger partial charge on any atom is -0.494 e. The van der Waals surface area contributed by atoms with E-state index in [1.807, 2.05) is 68.4 Å². The first-order valence-electron chi connectivity index (χ1n) is 8.38. The molecule has 5 nitrogen and oxygen atoms in total. The fourth-order valence-corrected chi connectivity index (χ4v) is 2.66. The molecule has 128 valence electrons. The molecule has 0 spiro atoms. The Morgan fingerprint density at radius 2 is 1.80 bits per heavy atom. The van der Waals surface area contributed by atoms with E-state index in [0.717, 1.165) is 22.7 Å². The SMILES string of the molecule is CCOc1ccc(-c2cc(C(=O)N(CC)c3ccccc3)[nH]n2)cc1. The largest absolute Gasteiger partial charge is 0.494 e. The van der Waals surface area contributed by atoms with E-state index < -0.39 is 0 Å². The average molecular weight is 335 g/mol. The topological polar surface area (TPSA) is 58.2 Å². The smallest absolute Gasteiger partial charge is 0.276 e. The van der Waals surface area contributed by atoms with Gasteiger partial charge < -0.3 is 9.64 Å². The number of aromatic nitrogens is 2. The second-order valence-corrected chi connectivity index (χ2v) is 5.51. The van der Waals surface area contributed by atoms with Crippen molar-refractivity contribution in [3.63, 3.8) is 0 Å². The Hall–Kier alpha value is -3.08. The van der Waals surface area contributed by atoms with Gasteiger partial charge in [-0.15, -0.1) is 0 Å². The molecule has 3 rings (SSSR count). The van der Waals surface area contributed by atoms with Crippen molar-refractivity contribution in [3.8, 4) is 17.0 Å². The highest BCUT2D eigenvalue weighted by molar-refractivity contribution is 6.05. The van der Waals surface area contributed by atoms with Crippen LogP contribution in [0.25, 0.3) is 11.3 Å². The van der Waals surface area contributed by atoms with E-state index >= 15 is 0 Å². The molecule has 0 saturated heterocycles. The van der Waals surface area contributed by atoms with E-state index in [9.17, 15) is 4.79 Å². The van der Waals surface area contributed by atoms with E-state index in [4.69, 9.17) is 4.74 Å². The Bertz CT molecular complexity index is 826. The molecular formula is C20H21N3O2. The summed E-state index contributed by atoms with van der Waals surface area (Å²) in [6.45, 7) is 5.12. The number of nitrogens with one attached hydrogen (secondary N) is 1. The second-order valence-electron chi connectivity index (χ2n) is 5.51. The molecule has 1 heterocycles. The monoisotopic (exact) mass is 335 g/mol. The number of amides is 1. The van der Waals surface area contributed by atoms with Crippen molar-refractivity contribution < 1.29 is 9.53 Å². The number of benzene rings is 2. The van der Waals surface area contributed by atoms with Crippen molar-refractivity contribution in [3.05, 3.63) is 66.4 Å². The third kappa shape index (κ3) is 3.71. The van der Waals surface area contributed by atoms with Crippen molar-refractivity contribution in [2.24, 2.45) is 0 Å². The van der Waals surface area contributed by atoms with Gasteiger partial charge in [-0.3, -0.25) is 9.89 Å². The molecule has 0 unspecified atom stereocenters. The van der Waals surface area contributed by atoms with Crippen LogP contribution in [0.4, 0.5) is 5.69 Å².